The Balaban J connectivity index is 2.48. The third-order valence-electron chi connectivity index (χ3n) is 2.63. The number of rotatable bonds is 6. The summed E-state index contributed by atoms with van der Waals surface area (Å²) in [5.41, 5.74) is 0.942. The number of carbonyl (C=O) groups excluding carboxylic acids is 1. The van der Waals surface area contributed by atoms with Crippen LogP contribution in [0, 0.1) is 0 Å². The summed E-state index contributed by atoms with van der Waals surface area (Å²) < 4.78 is 5.77. The first-order valence-corrected chi connectivity index (χ1v) is 6.54. The van der Waals surface area contributed by atoms with Crippen LogP contribution in [0.5, 0.6) is 0 Å². The molecule has 0 heterocycles. The molecule has 1 aromatic rings. The van der Waals surface area contributed by atoms with Crippen molar-refractivity contribution in [1.82, 2.24) is 5.32 Å². The molecule has 0 aromatic heterocycles. The van der Waals surface area contributed by atoms with Crippen molar-refractivity contribution in [3.05, 3.63) is 34.3 Å². The fourth-order valence-corrected chi connectivity index (χ4v) is 1.79. The maximum atomic E-state index is 11.9. The number of benzene rings is 1. The first-order chi connectivity index (χ1) is 8.54. The van der Waals surface area contributed by atoms with Gasteiger partial charge in [0.2, 0.25) is 5.91 Å². The average Bonchev–Trinajstić information content (AvgIpc) is 2.36. The zero-order chi connectivity index (χ0) is 13.5. The van der Waals surface area contributed by atoms with Crippen molar-refractivity contribution < 1.29 is 14.6 Å². The highest BCUT2D eigenvalue weighted by atomic mass is 79.9. The molecular formula is C13H18BrNO3. The fraction of sp³-hybridized carbons (Fsp3) is 0.462. The molecule has 2 atom stereocenters. The molecule has 5 heteroatoms. The van der Waals surface area contributed by atoms with Gasteiger partial charge in [-0.2, -0.15) is 0 Å². The van der Waals surface area contributed by atoms with E-state index in [9.17, 15) is 9.90 Å². The summed E-state index contributed by atoms with van der Waals surface area (Å²) in [6.07, 6.45) is -0.670. The van der Waals surface area contributed by atoms with Crippen LogP contribution in [-0.2, 0) is 9.53 Å². The molecule has 0 radical (unpaired) electrons. The van der Waals surface area contributed by atoms with Gasteiger partial charge in [-0.05, 0) is 24.6 Å². The van der Waals surface area contributed by atoms with E-state index in [2.05, 4.69) is 21.2 Å². The van der Waals surface area contributed by atoms with E-state index in [0.717, 1.165) is 10.0 Å². The average molecular weight is 316 g/mol. The van der Waals surface area contributed by atoms with Gasteiger partial charge in [-0.1, -0.05) is 28.1 Å². The largest absolute Gasteiger partial charge is 0.389 e. The van der Waals surface area contributed by atoms with E-state index < -0.39 is 6.10 Å². The molecular weight excluding hydrogens is 298 g/mol. The second-order valence-electron chi connectivity index (χ2n) is 4.13. The van der Waals surface area contributed by atoms with Gasteiger partial charge < -0.3 is 15.2 Å². The highest BCUT2D eigenvalue weighted by molar-refractivity contribution is 9.10. The number of methoxy groups -OCH3 is 1. The Bertz CT molecular complexity index is 380. The van der Waals surface area contributed by atoms with Gasteiger partial charge >= 0.3 is 0 Å². The van der Waals surface area contributed by atoms with Gasteiger partial charge in [-0.3, -0.25) is 4.79 Å². The second-order valence-corrected chi connectivity index (χ2v) is 5.04. The van der Waals surface area contributed by atoms with Crippen molar-refractivity contribution in [1.29, 1.82) is 0 Å². The molecule has 4 nitrogen and oxygen atoms in total. The highest BCUT2D eigenvalue weighted by Crippen LogP contribution is 2.18. The smallest absolute Gasteiger partial charge is 0.227 e. The Morgan fingerprint density at radius 2 is 2.06 bits per heavy atom. The maximum Gasteiger partial charge on any atom is 0.227 e. The number of nitrogens with one attached hydrogen (secondary N) is 1. The summed E-state index contributed by atoms with van der Waals surface area (Å²) in [7, 11) is 1.51. The molecule has 0 aliphatic carbocycles. The van der Waals surface area contributed by atoms with Crippen LogP contribution in [0.3, 0.4) is 0 Å². The van der Waals surface area contributed by atoms with Gasteiger partial charge in [-0.25, -0.2) is 0 Å². The molecule has 0 aliphatic heterocycles. The van der Waals surface area contributed by atoms with Crippen molar-refractivity contribution in [3.8, 4) is 0 Å². The van der Waals surface area contributed by atoms with E-state index in [0.29, 0.717) is 0 Å². The summed E-state index contributed by atoms with van der Waals surface area (Å²) in [6.45, 7) is 2.25. The molecule has 0 aliphatic rings. The summed E-state index contributed by atoms with van der Waals surface area (Å²) in [6, 6.07) is 7.61. The lowest BCUT2D eigenvalue weighted by Crippen LogP contribution is -2.36. The number of aliphatic hydroxyl groups is 1. The molecule has 0 unspecified atom stereocenters. The summed E-state index contributed by atoms with van der Waals surface area (Å²) >= 11 is 3.35. The lowest BCUT2D eigenvalue weighted by Gasteiger charge is -2.15. The minimum absolute atomic E-state index is 0.104. The SMILES string of the molecule is COC[C@H](O)CNC(=O)[C@@H](C)c1ccc(Br)cc1. The molecule has 1 rings (SSSR count). The standard InChI is InChI=1S/C13H18BrNO3/c1-9(10-3-5-11(14)6-4-10)13(17)15-7-12(16)8-18-2/h3-6,9,12,16H,7-8H2,1-2H3,(H,15,17)/t9-,12+/m0/s1. The summed E-state index contributed by atoms with van der Waals surface area (Å²) in [5.74, 6) is -0.347. The summed E-state index contributed by atoms with van der Waals surface area (Å²) in [5, 5.41) is 12.1. The van der Waals surface area contributed by atoms with Crippen LogP contribution in [0.15, 0.2) is 28.7 Å². The van der Waals surface area contributed by atoms with Gasteiger partial charge in [0, 0.05) is 18.1 Å². The van der Waals surface area contributed by atoms with Crippen molar-refractivity contribution in [2.24, 2.45) is 0 Å². The van der Waals surface area contributed by atoms with Crippen LogP contribution in [0.1, 0.15) is 18.4 Å². The molecule has 2 N–H and O–H groups in total. The molecule has 0 bridgehead atoms. The lowest BCUT2D eigenvalue weighted by molar-refractivity contribution is -0.122. The third-order valence-corrected chi connectivity index (χ3v) is 3.16. The Labute approximate surface area is 115 Å². The lowest BCUT2D eigenvalue weighted by atomic mass is 10.0. The van der Waals surface area contributed by atoms with E-state index >= 15 is 0 Å². The van der Waals surface area contributed by atoms with Gasteiger partial charge in [0.25, 0.3) is 0 Å². The molecule has 1 amide bonds. The van der Waals surface area contributed by atoms with Crippen LogP contribution >= 0.6 is 15.9 Å². The number of hydrogen-bond acceptors (Lipinski definition) is 3. The van der Waals surface area contributed by atoms with E-state index in [1.165, 1.54) is 7.11 Å². The number of aliphatic hydroxyl groups excluding tert-OH is 1. The molecule has 0 fully saturated rings. The predicted molar refractivity (Wildman–Crippen MR) is 73.4 cm³/mol. The molecule has 0 saturated heterocycles. The monoisotopic (exact) mass is 315 g/mol. The second kappa shape index (κ2) is 7.51. The first kappa shape index (κ1) is 15.1. The molecule has 18 heavy (non-hydrogen) atoms. The number of hydrogen-bond donors (Lipinski definition) is 2. The van der Waals surface area contributed by atoms with Gasteiger partial charge in [0.05, 0.1) is 18.6 Å². The third kappa shape index (κ3) is 4.76. The van der Waals surface area contributed by atoms with Gasteiger partial charge in [-0.15, -0.1) is 0 Å². The molecule has 0 saturated carbocycles. The summed E-state index contributed by atoms with van der Waals surface area (Å²) in [4.78, 5) is 11.9. The van der Waals surface area contributed by atoms with Gasteiger partial charge in [0.15, 0.2) is 0 Å². The van der Waals surface area contributed by atoms with E-state index in [4.69, 9.17) is 4.74 Å². The fourth-order valence-electron chi connectivity index (χ4n) is 1.53. The van der Waals surface area contributed by atoms with Crippen LogP contribution < -0.4 is 5.32 Å². The Hall–Kier alpha value is -0.910. The quantitative estimate of drug-likeness (QED) is 0.839. The van der Waals surface area contributed by atoms with E-state index in [-0.39, 0.29) is 25.0 Å². The van der Waals surface area contributed by atoms with Crippen molar-refractivity contribution in [2.45, 2.75) is 18.9 Å². The Kier molecular flexibility index (Phi) is 6.32. The van der Waals surface area contributed by atoms with Crippen LogP contribution in [0.25, 0.3) is 0 Å². The Morgan fingerprint density at radius 3 is 2.61 bits per heavy atom. The Morgan fingerprint density at radius 1 is 1.44 bits per heavy atom. The first-order valence-electron chi connectivity index (χ1n) is 5.74. The highest BCUT2D eigenvalue weighted by Gasteiger charge is 2.15. The van der Waals surface area contributed by atoms with E-state index in [1.54, 1.807) is 0 Å². The normalized spacial score (nSPS) is 14.0. The molecule has 1 aromatic carbocycles. The topological polar surface area (TPSA) is 58.6 Å². The number of carbonyl (C=O) groups is 1. The van der Waals surface area contributed by atoms with Crippen LogP contribution in [0.4, 0.5) is 0 Å². The minimum Gasteiger partial charge on any atom is -0.389 e. The molecule has 0 spiro atoms. The van der Waals surface area contributed by atoms with Gasteiger partial charge in [0.1, 0.15) is 0 Å². The van der Waals surface area contributed by atoms with Crippen molar-refractivity contribution >= 4 is 21.8 Å². The molecule has 100 valence electrons. The number of halogens is 1. The van der Waals surface area contributed by atoms with Crippen LogP contribution in [-0.4, -0.2) is 37.4 Å². The minimum atomic E-state index is -0.670. The van der Waals surface area contributed by atoms with E-state index in [1.807, 2.05) is 31.2 Å². The zero-order valence-electron chi connectivity index (χ0n) is 10.5. The predicted octanol–water partition coefficient (Wildman–Crippen LogP) is 1.68. The van der Waals surface area contributed by atoms with Crippen molar-refractivity contribution in [3.63, 3.8) is 0 Å². The number of amides is 1. The maximum absolute atomic E-state index is 11.9. The zero-order valence-corrected chi connectivity index (χ0v) is 12.1. The number of ether oxygens (including phenoxy) is 1. The van der Waals surface area contributed by atoms with Crippen molar-refractivity contribution in [2.75, 3.05) is 20.3 Å². The van der Waals surface area contributed by atoms with Crippen LogP contribution in [0.2, 0.25) is 0 Å².